The zero-order valence-corrected chi connectivity index (χ0v) is 14.7. The van der Waals surface area contributed by atoms with Crippen molar-refractivity contribution >= 4 is 17.3 Å². The molecular formula is C17H21FN2O3S. The Bertz CT molecular complexity index is 718. The highest BCUT2D eigenvalue weighted by Crippen LogP contribution is 2.25. The molecule has 0 aliphatic rings. The molecule has 0 aliphatic carbocycles. The molecule has 0 radical (unpaired) electrons. The van der Waals surface area contributed by atoms with Crippen molar-refractivity contribution in [1.29, 1.82) is 0 Å². The van der Waals surface area contributed by atoms with E-state index in [1.54, 1.807) is 23.3 Å². The predicted octanol–water partition coefficient (Wildman–Crippen LogP) is 3.16. The minimum Gasteiger partial charge on any atom is -0.480 e. The van der Waals surface area contributed by atoms with E-state index in [0.717, 1.165) is 10.7 Å². The molecule has 5 nitrogen and oxygen atoms in total. The highest BCUT2D eigenvalue weighted by atomic mass is 32.1. The summed E-state index contributed by atoms with van der Waals surface area (Å²) >= 11 is 1.56. The highest BCUT2D eigenvalue weighted by molar-refractivity contribution is 7.09. The Hall–Kier alpha value is -1.83. The fraction of sp³-hybridized carbons (Fsp3) is 0.412. The lowest BCUT2D eigenvalue weighted by Crippen LogP contribution is -2.30. The van der Waals surface area contributed by atoms with Gasteiger partial charge in [0.25, 0.3) is 0 Å². The summed E-state index contributed by atoms with van der Waals surface area (Å²) in [6, 6.07) is 3.07. The Morgan fingerprint density at radius 1 is 1.42 bits per heavy atom. The lowest BCUT2D eigenvalue weighted by molar-refractivity contribution is -0.143. The van der Waals surface area contributed by atoms with Crippen LogP contribution in [0, 0.1) is 5.82 Å². The molecule has 0 aliphatic heterocycles. The van der Waals surface area contributed by atoms with Gasteiger partial charge in [-0.2, -0.15) is 0 Å². The van der Waals surface area contributed by atoms with Gasteiger partial charge < -0.3 is 10.2 Å². The molecule has 1 heterocycles. The number of aliphatic carboxylic acids is 1. The van der Waals surface area contributed by atoms with E-state index in [9.17, 15) is 19.4 Å². The average Bonchev–Trinajstić information content (AvgIpc) is 2.97. The molecule has 1 atom stereocenters. The second-order valence-corrected chi connectivity index (χ2v) is 6.89. The van der Waals surface area contributed by atoms with Crippen molar-refractivity contribution in [2.75, 3.05) is 7.05 Å². The van der Waals surface area contributed by atoms with Gasteiger partial charge in [0.1, 0.15) is 11.9 Å². The van der Waals surface area contributed by atoms with Gasteiger partial charge in [-0.05, 0) is 24.7 Å². The molecule has 0 fully saturated rings. The third-order valence-electron chi connectivity index (χ3n) is 3.71. The fourth-order valence-corrected chi connectivity index (χ4v) is 3.30. The number of carboxylic acids is 1. The van der Waals surface area contributed by atoms with E-state index < -0.39 is 24.4 Å². The van der Waals surface area contributed by atoms with Crippen LogP contribution in [0.4, 0.5) is 4.39 Å². The summed E-state index contributed by atoms with van der Waals surface area (Å²) in [6.07, 6.45) is 0. The van der Waals surface area contributed by atoms with Gasteiger partial charge in [0.15, 0.2) is 0 Å². The van der Waals surface area contributed by atoms with Gasteiger partial charge in [-0.3, -0.25) is 9.69 Å². The molecule has 0 bridgehead atoms. The number of nitrogens with zero attached hydrogens (tertiary/aromatic N) is 2. The maximum Gasteiger partial charge on any atom is 0.325 e. The van der Waals surface area contributed by atoms with Crippen LogP contribution in [0.15, 0.2) is 23.6 Å². The van der Waals surface area contributed by atoms with E-state index in [-0.39, 0.29) is 5.56 Å². The van der Waals surface area contributed by atoms with Crippen LogP contribution in [0.3, 0.4) is 0 Å². The largest absolute Gasteiger partial charge is 0.480 e. The number of hydrogen-bond donors (Lipinski definition) is 2. The molecule has 7 heteroatoms. The summed E-state index contributed by atoms with van der Waals surface area (Å²) in [6.45, 7) is 4.01. The number of carboxylic acid groups (broad SMARTS) is 1. The standard InChI is InChI=1S/C17H21FN2O3S/c1-10(2)16-19-13(9-24-16)7-20(3)15(17(22)23)11-4-5-14(18)12(6-11)8-21/h4-6,9-10,15,21H,7-8H2,1-3H3,(H,22,23)/t15-/m0/s1. The van der Waals surface area contributed by atoms with Gasteiger partial charge in [0.2, 0.25) is 0 Å². The maximum atomic E-state index is 13.5. The first-order valence-corrected chi connectivity index (χ1v) is 8.48. The Balaban J connectivity index is 2.24. The molecule has 2 aromatic rings. The van der Waals surface area contributed by atoms with E-state index in [1.165, 1.54) is 18.2 Å². The highest BCUT2D eigenvalue weighted by Gasteiger charge is 2.26. The van der Waals surface area contributed by atoms with Crippen LogP contribution in [-0.4, -0.2) is 33.1 Å². The first-order valence-electron chi connectivity index (χ1n) is 7.60. The minimum atomic E-state index is -1.03. The van der Waals surface area contributed by atoms with Crippen LogP contribution in [0.1, 0.15) is 47.6 Å². The second kappa shape index (κ2) is 7.83. The summed E-state index contributed by atoms with van der Waals surface area (Å²) in [5, 5.41) is 21.7. The number of aliphatic hydroxyl groups is 1. The van der Waals surface area contributed by atoms with Gasteiger partial charge >= 0.3 is 5.97 Å². The summed E-state index contributed by atoms with van der Waals surface area (Å²) in [7, 11) is 1.69. The molecule has 0 spiro atoms. The molecule has 24 heavy (non-hydrogen) atoms. The third kappa shape index (κ3) is 4.17. The summed E-state index contributed by atoms with van der Waals surface area (Å²) < 4.78 is 13.5. The van der Waals surface area contributed by atoms with Crippen molar-refractivity contribution in [3.63, 3.8) is 0 Å². The molecule has 1 aromatic carbocycles. The normalized spacial score (nSPS) is 12.8. The van der Waals surface area contributed by atoms with Crippen molar-refractivity contribution in [2.45, 2.75) is 39.0 Å². The van der Waals surface area contributed by atoms with E-state index in [4.69, 9.17) is 0 Å². The number of aliphatic hydroxyl groups excluding tert-OH is 1. The van der Waals surface area contributed by atoms with Crippen LogP contribution in [0.2, 0.25) is 0 Å². The average molecular weight is 352 g/mol. The molecule has 0 saturated carbocycles. The predicted molar refractivity (Wildman–Crippen MR) is 90.4 cm³/mol. The lowest BCUT2D eigenvalue weighted by atomic mass is 10.0. The first-order chi connectivity index (χ1) is 11.3. The van der Waals surface area contributed by atoms with Gasteiger partial charge in [0.05, 0.1) is 17.3 Å². The molecule has 0 unspecified atom stereocenters. The first kappa shape index (κ1) is 18.5. The monoisotopic (exact) mass is 352 g/mol. The lowest BCUT2D eigenvalue weighted by Gasteiger charge is -2.24. The number of benzene rings is 1. The topological polar surface area (TPSA) is 73.7 Å². The van der Waals surface area contributed by atoms with Crippen LogP contribution < -0.4 is 0 Å². The van der Waals surface area contributed by atoms with Gasteiger partial charge in [-0.1, -0.05) is 19.9 Å². The van der Waals surface area contributed by atoms with Crippen molar-refractivity contribution in [1.82, 2.24) is 9.88 Å². The van der Waals surface area contributed by atoms with Gasteiger partial charge in [-0.25, -0.2) is 9.37 Å². The fourth-order valence-electron chi connectivity index (χ4n) is 2.48. The number of likely N-dealkylation sites (N-methyl/N-ethyl adjacent to an activating group) is 1. The SMILES string of the molecule is CC(C)c1nc(CN(C)[C@H](C(=O)O)c2ccc(F)c(CO)c2)cs1. The van der Waals surface area contributed by atoms with Crippen molar-refractivity contribution < 1.29 is 19.4 Å². The zero-order valence-electron chi connectivity index (χ0n) is 13.9. The quantitative estimate of drug-likeness (QED) is 0.801. The molecule has 2 N–H and O–H groups in total. The number of aromatic nitrogens is 1. The van der Waals surface area contributed by atoms with E-state index in [1.807, 2.05) is 5.38 Å². The van der Waals surface area contributed by atoms with Crippen molar-refractivity contribution in [3.8, 4) is 0 Å². The molecular weight excluding hydrogens is 331 g/mol. The Morgan fingerprint density at radius 3 is 2.67 bits per heavy atom. The molecule has 2 rings (SSSR count). The molecule has 0 saturated heterocycles. The zero-order chi connectivity index (χ0) is 17.9. The second-order valence-electron chi connectivity index (χ2n) is 6.00. The number of halogens is 1. The smallest absolute Gasteiger partial charge is 0.325 e. The third-order valence-corrected chi connectivity index (χ3v) is 4.90. The van der Waals surface area contributed by atoms with Crippen molar-refractivity contribution in [3.05, 3.63) is 51.2 Å². The van der Waals surface area contributed by atoms with Gasteiger partial charge in [0, 0.05) is 23.4 Å². The summed E-state index contributed by atoms with van der Waals surface area (Å²) in [5.74, 6) is -1.25. The van der Waals surface area contributed by atoms with E-state index in [0.29, 0.717) is 18.0 Å². The summed E-state index contributed by atoms with van der Waals surface area (Å²) in [4.78, 5) is 17.9. The van der Waals surface area contributed by atoms with Crippen molar-refractivity contribution in [2.24, 2.45) is 0 Å². The van der Waals surface area contributed by atoms with Crippen LogP contribution in [0.25, 0.3) is 0 Å². The van der Waals surface area contributed by atoms with Crippen LogP contribution in [-0.2, 0) is 17.9 Å². The Kier molecular flexibility index (Phi) is 6.04. The molecule has 0 amide bonds. The Morgan fingerprint density at radius 2 is 2.12 bits per heavy atom. The van der Waals surface area contributed by atoms with E-state index >= 15 is 0 Å². The van der Waals surface area contributed by atoms with Gasteiger partial charge in [-0.15, -0.1) is 11.3 Å². The number of carbonyl (C=O) groups is 1. The number of hydrogen-bond acceptors (Lipinski definition) is 5. The van der Waals surface area contributed by atoms with E-state index in [2.05, 4.69) is 18.8 Å². The summed E-state index contributed by atoms with van der Waals surface area (Å²) in [5.41, 5.74) is 1.32. The Labute approximate surface area is 144 Å². The van der Waals surface area contributed by atoms with Crippen LogP contribution in [0.5, 0.6) is 0 Å². The minimum absolute atomic E-state index is 0.0860. The van der Waals surface area contributed by atoms with Crippen LogP contribution >= 0.6 is 11.3 Å². The number of rotatable bonds is 7. The number of thiazole rings is 1. The maximum absolute atomic E-state index is 13.5. The molecule has 130 valence electrons. The molecule has 1 aromatic heterocycles.